The minimum atomic E-state index is -3.20. The molecule has 0 aliphatic carbocycles. The second kappa shape index (κ2) is 5.33. The number of aromatic nitrogens is 2. The Hall–Kier alpha value is -0.590. The standard InChI is InChI=1S/C7H12ClN3O2S/c8-1-6-14(12,13)10-3-5-11-4-2-9-7-11/h2,4,7,10H,1,3,5-6H2. The van der Waals surface area contributed by atoms with E-state index >= 15 is 0 Å². The van der Waals surface area contributed by atoms with Crippen molar-refractivity contribution < 1.29 is 8.42 Å². The first-order valence-corrected chi connectivity index (χ1v) is 6.32. The van der Waals surface area contributed by atoms with Gasteiger partial charge in [0.05, 0.1) is 12.1 Å². The molecule has 0 saturated heterocycles. The first kappa shape index (κ1) is 11.5. The van der Waals surface area contributed by atoms with Gasteiger partial charge >= 0.3 is 0 Å². The van der Waals surface area contributed by atoms with Crippen LogP contribution in [0.15, 0.2) is 18.7 Å². The van der Waals surface area contributed by atoms with Gasteiger partial charge in [0.2, 0.25) is 10.0 Å². The maximum atomic E-state index is 11.1. The van der Waals surface area contributed by atoms with Crippen molar-refractivity contribution in [2.24, 2.45) is 0 Å². The van der Waals surface area contributed by atoms with Crippen molar-refractivity contribution in [3.63, 3.8) is 0 Å². The lowest BCUT2D eigenvalue weighted by molar-refractivity contribution is 0.574. The van der Waals surface area contributed by atoms with Gasteiger partial charge in [-0.1, -0.05) is 0 Å². The molecule has 14 heavy (non-hydrogen) atoms. The molecule has 5 nitrogen and oxygen atoms in total. The summed E-state index contributed by atoms with van der Waals surface area (Å²) in [6, 6.07) is 0. The largest absolute Gasteiger partial charge is 0.336 e. The summed E-state index contributed by atoms with van der Waals surface area (Å²) in [5.41, 5.74) is 0. The fraction of sp³-hybridized carbons (Fsp3) is 0.571. The van der Waals surface area contributed by atoms with E-state index in [0.29, 0.717) is 13.1 Å². The van der Waals surface area contributed by atoms with Crippen molar-refractivity contribution in [1.29, 1.82) is 0 Å². The van der Waals surface area contributed by atoms with E-state index in [2.05, 4.69) is 9.71 Å². The third-order valence-electron chi connectivity index (χ3n) is 1.60. The van der Waals surface area contributed by atoms with Crippen molar-refractivity contribution >= 4 is 21.6 Å². The van der Waals surface area contributed by atoms with Crippen LogP contribution >= 0.6 is 11.6 Å². The summed E-state index contributed by atoms with van der Waals surface area (Å²) in [5, 5.41) is 0. The number of alkyl halides is 1. The molecule has 0 amide bonds. The number of hydrogen-bond donors (Lipinski definition) is 1. The van der Waals surface area contributed by atoms with E-state index in [1.807, 2.05) is 0 Å². The van der Waals surface area contributed by atoms with Gasteiger partial charge in [0.1, 0.15) is 0 Å². The van der Waals surface area contributed by atoms with Crippen LogP contribution in [-0.2, 0) is 16.6 Å². The zero-order chi connectivity index (χ0) is 10.4. The molecule has 1 N–H and O–H groups in total. The number of sulfonamides is 1. The van der Waals surface area contributed by atoms with E-state index in [0.717, 1.165) is 0 Å². The molecule has 0 aromatic carbocycles. The Morgan fingerprint density at radius 2 is 2.29 bits per heavy atom. The van der Waals surface area contributed by atoms with E-state index < -0.39 is 10.0 Å². The fourth-order valence-corrected chi connectivity index (χ4v) is 2.28. The van der Waals surface area contributed by atoms with Crippen LogP contribution < -0.4 is 4.72 Å². The number of imidazole rings is 1. The van der Waals surface area contributed by atoms with Gasteiger partial charge in [-0.3, -0.25) is 0 Å². The third-order valence-corrected chi connectivity index (χ3v) is 3.40. The summed E-state index contributed by atoms with van der Waals surface area (Å²) in [7, 11) is -3.20. The van der Waals surface area contributed by atoms with Gasteiger partial charge in [0, 0.05) is 31.4 Å². The summed E-state index contributed by atoms with van der Waals surface area (Å²) in [4.78, 5) is 3.84. The van der Waals surface area contributed by atoms with Crippen LogP contribution in [-0.4, -0.2) is 36.1 Å². The Morgan fingerprint density at radius 1 is 1.50 bits per heavy atom. The van der Waals surface area contributed by atoms with Gasteiger partial charge in [-0.15, -0.1) is 11.6 Å². The Labute approximate surface area is 88.1 Å². The fourth-order valence-electron chi connectivity index (χ4n) is 0.923. The predicted molar refractivity (Wildman–Crippen MR) is 54.7 cm³/mol. The van der Waals surface area contributed by atoms with Crippen LogP contribution in [0.25, 0.3) is 0 Å². The lowest BCUT2D eigenvalue weighted by Gasteiger charge is -2.05. The second-order valence-corrected chi connectivity index (χ2v) is 5.01. The topological polar surface area (TPSA) is 64.0 Å². The predicted octanol–water partition coefficient (Wildman–Crippen LogP) is 0.0413. The van der Waals surface area contributed by atoms with Gasteiger partial charge in [-0.05, 0) is 0 Å². The van der Waals surface area contributed by atoms with E-state index in [-0.39, 0.29) is 11.6 Å². The van der Waals surface area contributed by atoms with Crippen molar-refractivity contribution in [3.8, 4) is 0 Å². The van der Waals surface area contributed by atoms with Crippen molar-refractivity contribution in [3.05, 3.63) is 18.7 Å². The average molecular weight is 238 g/mol. The first-order chi connectivity index (χ1) is 6.64. The highest BCUT2D eigenvalue weighted by atomic mass is 35.5. The van der Waals surface area contributed by atoms with Crippen LogP contribution in [0.1, 0.15) is 0 Å². The zero-order valence-corrected chi connectivity index (χ0v) is 9.13. The van der Waals surface area contributed by atoms with E-state index in [9.17, 15) is 8.42 Å². The molecule has 1 aromatic rings. The summed E-state index contributed by atoms with van der Waals surface area (Å²) in [5.74, 6) is 0.0683. The average Bonchev–Trinajstić information content (AvgIpc) is 2.56. The maximum Gasteiger partial charge on any atom is 0.212 e. The molecular formula is C7H12ClN3O2S. The van der Waals surface area contributed by atoms with Crippen LogP contribution in [0.3, 0.4) is 0 Å². The molecule has 0 bridgehead atoms. The second-order valence-electron chi connectivity index (χ2n) is 2.70. The molecule has 80 valence electrons. The molecular weight excluding hydrogens is 226 g/mol. The SMILES string of the molecule is O=S(=O)(CCCl)NCCn1ccnc1. The summed E-state index contributed by atoms with van der Waals surface area (Å²) in [6.07, 6.45) is 5.05. The minimum absolute atomic E-state index is 0.0432. The van der Waals surface area contributed by atoms with Gasteiger partial charge in [-0.2, -0.15) is 0 Å². The van der Waals surface area contributed by atoms with Crippen molar-refractivity contribution in [2.75, 3.05) is 18.2 Å². The van der Waals surface area contributed by atoms with Crippen molar-refractivity contribution in [2.45, 2.75) is 6.54 Å². The number of hydrogen-bond acceptors (Lipinski definition) is 3. The molecule has 1 rings (SSSR count). The maximum absolute atomic E-state index is 11.1. The highest BCUT2D eigenvalue weighted by Crippen LogP contribution is 1.88. The minimum Gasteiger partial charge on any atom is -0.336 e. The number of nitrogens with zero attached hydrogens (tertiary/aromatic N) is 2. The first-order valence-electron chi connectivity index (χ1n) is 4.13. The molecule has 0 aliphatic heterocycles. The molecule has 0 atom stereocenters. The van der Waals surface area contributed by atoms with Gasteiger partial charge < -0.3 is 4.57 Å². The molecule has 7 heteroatoms. The van der Waals surface area contributed by atoms with E-state index in [1.165, 1.54) is 0 Å². The smallest absolute Gasteiger partial charge is 0.212 e. The molecule has 0 fully saturated rings. The number of nitrogens with one attached hydrogen (secondary N) is 1. The van der Waals surface area contributed by atoms with Crippen LogP contribution in [0.4, 0.5) is 0 Å². The van der Waals surface area contributed by atoms with Crippen LogP contribution in [0, 0.1) is 0 Å². The highest BCUT2D eigenvalue weighted by molar-refractivity contribution is 7.89. The van der Waals surface area contributed by atoms with E-state index in [4.69, 9.17) is 11.6 Å². The molecule has 0 radical (unpaired) electrons. The van der Waals surface area contributed by atoms with E-state index in [1.54, 1.807) is 23.3 Å². The normalized spacial score (nSPS) is 11.8. The molecule has 0 unspecified atom stereocenters. The summed E-state index contributed by atoms with van der Waals surface area (Å²) >= 11 is 5.33. The number of halogens is 1. The quantitative estimate of drug-likeness (QED) is 0.711. The van der Waals surface area contributed by atoms with Crippen LogP contribution in [0.2, 0.25) is 0 Å². The zero-order valence-electron chi connectivity index (χ0n) is 7.56. The van der Waals surface area contributed by atoms with Gasteiger partial charge in [0.25, 0.3) is 0 Å². The van der Waals surface area contributed by atoms with Gasteiger partial charge in [-0.25, -0.2) is 18.1 Å². The van der Waals surface area contributed by atoms with Crippen LogP contribution in [0.5, 0.6) is 0 Å². The monoisotopic (exact) mass is 237 g/mol. The molecule has 0 saturated carbocycles. The molecule has 0 spiro atoms. The summed E-state index contributed by atoms with van der Waals surface area (Å²) in [6.45, 7) is 0.928. The van der Waals surface area contributed by atoms with Gasteiger partial charge in [0.15, 0.2) is 0 Å². The third kappa shape index (κ3) is 4.08. The Bertz CT molecular complexity index is 349. The molecule has 1 aromatic heterocycles. The number of rotatable bonds is 6. The highest BCUT2D eigenvalue weighted by Gasteiger charge is 2.07. The Kier molecular flexibility index (Phi) is 4.37. The molecule has 1 heterocycles. The lowest BCUT2D eigenvalue weighted by Crippen LogP contribution is -2.29. The molecule has 0 aliphatic rings. The lowest BCUT2D eigenvalue weighted by atomic mass is 10.6. The summed E-state index contributed by atoms with van der Waals surface area (Å²) < 4.78 is 26.5. The Balaban J connectivity index is 2.28. The Morgan fingerprint density at radius 3 is 2.86 bits per heavy atom. The van der Waals surface area contributed by atoms with Crippen molar-refractivity contribution in [1.82, 2.24) is 14.3 Å².